The second kappa shape index (κ2) is 1.84. The van der Waals surface area contributed by atoms with Gasteiger partial charge in [0, 0.05) is 11.5 Å². The van der Waals surface area contributed by atoms with E-state index in [2.05, 4.69) is 20.4 Å². The average Bonchev–Trinajstić information content (AvgIpc) is 2.43. The van der Waals surface area contributed by atoms with Gasteiger partial charge in [-0.15, -0.1) is 0 Å². The van der Waals surface area contributed by atoms with E-state index < -0.39 is 0 Å². The van der Waals surface area contributed by atoms with Gasteiger partial charge in [-0.1, -0.05) is 19.1 Å². The van der Waals surface area contributed by atoms with Crippen molar-refractivity contribution in [2.75, 3.05) is 0 Å². The van der Waals surface area contributed by atoms with Gasteiger partial charge in [0.05, 0.1) is 0 Å². The van der Waals surface area contributed by atoms with Crippen LogP contribution in [0.1, 0.15) is 26.7 Å². The summed E-state index contributed by atoms with van der Waals surface area (Å²) in [6.07, 6.45) is 2.31. The Morgan fingerprint density at radius 2 is 2.33 bits per heavy atom. The molecule has 1 saturated carbocycles. The van der Waals surface area contributed by atoms with Crippen LogP contribution in [0.15, 0.2) is 12.2 Å². The molecule has 2 unspecified atom stereocenters. The summed E-state index contributed by atoms with van der Waals surface area (Å²) >= 11 is 0. The highest BCUT2D eigenvalue weighted by Gasteiger charge is 2.48. The molecular formula is C8H15N. The second-order valence-corrected chi connectivity index (χ2v) is 3.08. The van der Waals surface area contributed by atoms with Crippen LogP contribution in [0.5, 0.6) is 0 Å². The van der Waals surface area contributed by atoms with E-state index in [0.717, 1.165) is 12.8 Å². The van der Waals surface area contributed by atoms with Crippen molar-refractivity contribution in [3.8, 4) is 0 Å². The van der Waals surface area contributed by atoms with Crippen LogP contribution in [0.3, 0.4) is 0 Å². The molecule has 1 nitrogen and oxygen atoms in total. The highest BCUT2D eigenvalue weighted by atomic mass is 14.7. The van der Waals surface area contributed by atoms with Crippen LogP contribution >= 0.6 is 0 Å². The summed E-state index contributed by atoms with van der Waals surface area (Å²) in [6.45, 7) is 8.19. The van der Waals surface area contributed by atoms with Crippen molar-refractivity contribution in [1.82, 2.24) is 0 Å². The lowest BCUT2D eigenvalue weighted by atomic mass is 9.95. The van der Waals surface area contributed by atoms with E-state index in [1.54, 1.807) is 0 Å². The van der Waals surface area contributed by atoms with Crippen LogP contribution < -0.4 is 5.73 Å². The number of nitrogens with two attached hydrogens (primary N) is 1. The van der Waals surface area contributed by atoms with Gasteiger partial charge in [-0.25, -0.2) is 0 Å². The third kappa shape index (κ3) is 0.799. The molecule has 1 aliphatic rings. The molecule has 0 radical (unpaired) electrons. The summed E-state index contributed by atoms with van der Waals surface area (Å²) in [4.78, 5) is 0. The van der Waals surface area contributed by atoms with Crippen molar-refractivity contribution in [1.29, 1.82) is 0 Å². The van der Waals surface area contributed by atoms with Crippen molar-refractivity contribution < 1.29 is 0 Å². The Bertz CT molecular complexity index is 138. The molecule has 1 rings (SSSR count). The average molecular weight is 125 g/mol. The summed E-state index contributed by atoms with van der Waals surface area (Å²) < 4.78 is 0. The zero-order valence-corrected chi connectivity index (χ0v) is 6.28. The molecule has 0 aromatic rings. The maximum atomic E-state index is 5.77. The van der Waals surface area contributed by atoms with Gasteiger partial charge in [-0.3, -0.25) is 0 Å². The van der Waals surface area contributed by atoms with Crippen molar-refractivity contribution in [2.24, 2.45) is 11.1 Å². The van der Waals surface area contributed by atoms with E-state index in [0.29, 0.717) is 11.5 Å². The third-order valence-electron chi connectivity index (χ3n) is 2.61. The molecule has 52 valence electrons. The predicted octanol–water partition coefficient (Wildman–Crippen LogP) is 1.69. The van der Waals surface area contributed by atoms with E-state index >= 15 is 0 Å². The number of hydrogen-bond donors (Lipinski definition) is 1. The molecule has 0 aromatic heterocycles. The molecule has 1 heteroatoms. The van der Waals surface area contributed by atoms with Crippen LogP contribution in [-0.4, -0.2) is 6.04 Å². The van der Waals surface area contributed by atoms with Gasteiger partial charge in [-0.2, -0.15) is 0 Å². The van der Waals surface area contributed by atoms with E-state index in [1.165, 1.54) is 5.57 Å². The molecule has 0 aromatic carbocycles. The fraction of sp³-hybridized carbons (Fsp3) is 0.750. The van der Waals surface area contributed by atoms with E-state index in [9.17, 15) is 0 Å². The molecule has 2 N–H and O–H groups in total. The van der Waals surface area contributed by atoms with Crippen LogP contribution in [-0.2, 0) is 0 Å². The Kier molecular flexibility index (Phi) is 1.39. The Balaban J connectivity index is 2.62. The van der Waals surface area contributed by atoms with E-state index in [4.69, 9.17) is 5.73 Å². The quantitative estimate of drug-likeness (QED) is 0.558. The minimum absolute atomic E-state index is 0.301. The zero-order chi connectivity index (χ0) is 7.07. The molecule has 0 aliphatic heterocycles. The van der Waals surface area contributed by atoms with Crippen molar-refractivity contribution >= 4 is 0 Å². The number of hydrogen-bond acceptors (Lipinski definition) is 1. The Hall–Kier alpha value is -0.300. The molecule has 0 heterocycles. The first kappa shape index (κ1) is 6.81. The Labute approximate surface area is 56.9 Å². The van der Waals surface area contributed by atoms with Crippen LogP contribution in [0.25, 0.3) is 0 Å². The first-order chi connectivity index (χ1) is 4.13. The number of rotatable bonds is 2. The molecule has 1 fully saturated rings. The van der Waals surface area contributed by atoms with Crippen LogP contribution in [0.2, 0.25) is 0 Å². The van der Waals surface area contributed by atoms with Gasteiger partial charge in [0.2, 0.25) is 0 Å². The highest BCUT2D eigenvalue weighted by Crippen LogP contribution is 2.55. The lowest BCUT2D eigenvalue weighted by Gasteiger charge is -2.15. The summed E-state index contributed by atoms with van der Waals surface area (Å²) in [7, 11) is 0. The van der Waals surface area contributed by atoms with Crippen molar-refractivity contribution in [3.63, 3.8) is 0 Å². The monoisotopic (exact) mass is 125 g/mol. The van der Waals surface area contributed by atoms with Crippen molar-refractivity contribution in [2.45, 2.75) is 32.7 Å². The van der Waals surface area contributed by atoms with E-state index in [-0.39, 0.29) is 0 Å². The summed E-state index contributed by atoms with van der Waals surface area (Å²) in [5.41, 5.74) is 7.45. The second-order valence-electron chi connectivity index (χ2n) is 3.08. The first-order valence-corrected chi connectivity index (χ1v) is 3.57. The molecule has 9 heavy (non-hydrogen) atoms. The minimum Gasteiger partial charge on any atom is -0.327 e. The molecule has 0 amide bonds. The molecule has 1 aliphatic carbocycles. The highest BCUT2D eigenvalue weighted by molar-refractivity contribution is 5.31. The van der Waals surface area contributed by atoms with Crippen LogP contribution in [0, 0.1) is 5.41 Å². The molecular weight excluding hydrogens is 110 g/mol. The smallest absolute Gasteiger partial charge is 0.0107 e. The predicted molar refractivity (Wildman–Crippen MR) is 40.1 cm³/mol. The lowest BCUT2D eigenvalue weighted by molar-refractivity contribution is 0.430. The topological polar surface area (TPSA) is 26.0 Å². The van der Waals surface area contributed by atoms with Gasteiger partial charge in [-0.05, 0) is 19.8 Å². The lowest BCUT2D eigenvalue weighted by Crippen LogP contribution is -2.27. The summed E-state index contributed by atoms with van der Waals surface area (Å²) in [5, 5.41) is 0. The van der Waals surface area contributed by atoms with Crippen LogP contribution in [0.4, 0.5) is 0 Å². The maximum Gasteiger partial charge on any atom is 0.0107 e. The Morgan fingerprint density at radius 1 is 1.89 bits per heavy atom. The third-order valence-corrected chi connectivity index (χ3v) is 2.61. The molecule has 0 spiro atoms. The Morgan fingerprint density at radius 3 is 2.33 bits per heavy atom. The maximum absolute atomic E-state index is 5.77. The standard InChI is InChI=1S/C8H15N/c1-4-8(7(3)9)5-6(8)2/h7H,2,4-5,9H2,1,3H3. The molecule has 0 saturated heterocycles. The SMILES string of the molecule is C=C1CC1(CC)C(C)N. The van der Waals surface area contributed by atoms with E-state index in [1.807, 2.05) is 0 Å². The minimum atomic E-state index is 0.301. The van der Waals surface area contributed by atoms with Gasteiger partial charge < -0.3 is 5.73 Å². The molecule has 0 bridgehead atoms. The van der Waals surface area contributed by atoms with Gasteiger partial charge in [0.15, 0.2) is 0 Å². The fourth-order valence-corrected chi connectivity index (χ4v) is 1.52. The summed E-state index contributed by atoms with van der Waals surface area (Å²) in [5.74, 6) is 0. The largest absolute Gasteiger partial charge is 0.327 e. The molecule has 2 atom stereocenters. The van der Waals surface area contributed by atoms with Crippen molar-refractivity contribution in [3.05, 3.63) is 12.2 Å². The van der Waals surface area contributed by atoms with Gasteiger partial charge >= 0.3 is 0 Å². The van der Waals surface area contributed by atoms with Gasteiger partial charge in [0.25, 0.3) is 0 Å². The fourth-order valence-electron chi connectivity index (χ4n) is 1.52. The van der Waals surface area contributed by atoms with Gasteiger partial charge in [0.1, 0.15) is 0 Å². The first-order valence-electron chi connectivity index (χ1n) is 3.57. The zero-order valence-electron chi connectivity index (χ0n) is 6.28. The summed E-state index contributed by atoms with van der Waals surface area (Å²) in [6, 6.07) is 0.301. The normalized spacial score (nSPS) is 36.6.